The molecule has 1 aromatic carbocycles. The summed E-state index contributed by atoms with van der Waals surface area (Å²) in [4.78, 5) is 11.7. The van der Waals surface area contributed by atoms with E-state index in [1.807, 2.05) is 0 Å². The van der Waals surface area contributed by atoms with Crippen LogP contribution in [0.3, 0.4) is 0 Å². The van der Waals surface area contributed by atoms with Crippen LogP contribution in [0.5, 0.6) is 0 Å². The van der Waals surface area contributed by atoms with Crippen molar-refractivity contribution in [3.63, 3.8) is 0 Å². The minimum absolute atomic E-state index is 0.00543. The summed E-state index contributed by atoms with van der Waals surface area (Å²) in [5, 5.41) is 8.76. The normalized spacial score (nSPS) is 10.1. The lowest BCUT2D eigenvalue weighted by molar-refractivity contribution is 0.590. The van der Waals surface area contributed by atoms with E-state index in [-0.39, 0.29) is 17.7 Å². The molecule has 0 bridgehead atoms. The Hall–Kier alpha value is -2.41. The Morgan fingerprint density at radius 3 is 2.67 bits per heavy atom. The molecule has 1 heterocycles. The molecule has 0 fully saturated rings. The van der Waals surface area contributed by atoms with E-state index < -0.39 is 5.82 Å². The summed E-state index contributed by atoms with van der Waals surface area (Å²) >= 11 is 0. The molecule has 0 N–H and O–H groups in total. The molecular weight excluding hydrogens is 231 g/mol. The topological polar surface area (TPSA) is 45.8 Å². The van der Waals surface area contributed by atoms with Crippen molar-refractivity contribution in [3.05, 3.63) is 69.4 Å². The van der Waals surface area contributed by atoms with Gasteiger partial charge in [0.15, 0.2) is 0 Å². The fourth-order valence-electron chi connectivity index (χ4n) is 1.78. The van der Waals surface area contributed by atoms with Crippen LogP contribution >= 0.6 is 0 Å². The Labute approximate surface area is 104 Å². The molecule has 90 valence electrons. The molecule has 2 rings (SSSR count). The number of hydrogen-bond donors (Lipinski definition) is 0. The first-order valence-corrected chi connectivity index (χ1v) is 5.47. The number of aromatic nitrogens is 1. The van der Waals surface area contributed by atoms with Crippen molar-refractivity contribution in [1.82, 2.24) is 4.57 Å². The van der Waals surface area contributed by atoms with Crippen LogP contribution in [0.2, 0.25) is 0 Å². The molecule has 0 spiro atoms. The second-order valence-corrected chi connectivity index (χ2v) is 3.98. The van der Waals surface area contributed by atoms with Crippen molar-refractivity contribution < 1.29 is 4.39 Å². The maximum atomic E-state index is 13.9. The van der Waals surface area contributed by atoms with Gasteiger partial charge in [-0.25, -0.2) is 4.39 Å². The second-order valence-electron chi connectivity index (χ2n) is 3.98. The number of halogens is 1. The number of benzene rings is 1. The maximum Gasteiger partial charge on any atom is 0.251 e. The Morgan fingerprint density at radius 1 is 1.28 bits per heavy atom. The highest BCUT2D eigenvalue weighted by atomic mass is 19.1. The maximum absolute atomic E-state index is 13.9. The number of pyridine rings is 1. The van der Waals surface area contributed by atoms with Gasteiger partial charge in [0.2, 0.25) is 0 Å². The molecular formula is C14H11FN2O. The smallest absolute Gasteiger partial charge is 0.251 e. The van der Waals surface area contributed by atoms with Gasteiger partial charge in [-0.1, -0.05) is 18.2 Å². The lowest BCUT2D eigenvalue weighted by atomic mass is 10.1. The molecule has 0 atom stereocenters. The minimum Gasteiger partial charge on any atom is -0.308 e. The Balaban J connectivity index is 2.48. The summed E-state index contributed by atoms with van der Waals surface area (Å²) in [5.74, 6) is -0.560. The van der Waals surface area contributed by atoms with Gasteiger partial charge < -0.3 is 4.57 Å². The van der Waals surface area contributed by atoms with Gasteiger partial charge in [-0.15, -0.1) is 0 Å². The highest BCUT2D eigenvalue weighted by Gasteiger charge is 2.09. The second kappa shape index (κ2) is 4.84. The molecule has 0 aliphatic carbocycles. The van der Waals surface area contributed by atoms with Crippen molar-refractivity contribution in [1.29, 1.82) is 5.26 Å². The van der Waals surface area contributed by atoms with Crippen molar-refractivity contribution in [2.45, 2.75) is 13.5 Å². The lowest BCUT2D eigenvalue weighted by Gasteiger charge is -2.10. The van der Waals surface area contributed by atoms with Crippen LogP contribution in [-0.2, 0) is 6.54 Å². The van der Waals surface area contributed by atoms with Gasteiger partial charge >= 0.3 is 0 Å². The summed E-state index contributed by atoms with van der Waals surface area (Å²) in [5.41, 5.74) is 0.903. The fraction of sp³-hybridized carbons (Fsp3) is 0.143. The number of hydrogen-bond acceptors (Lipinski definition) is 2. The Bertz CT molecular complexity index is 683. The van der Waals surface area contributed by atoms with Gasteiger partial charge in [0.25, 0.3) is 5.56 Å². The minimum atomic E-state index is -0.560. The summed E-state index contributed by atoms with van der Waals surface area (Å²) in [6.45, 7) is 1.92. The van der Waals surface area contributed by atoms with Crippen LogP contribution in [0.15, 0.2) is 41.2 Å². The average Bonchev–Trinajstić information content (AvgIpc) is 2.36. The summed E-state index contributed by atoms with van der Waals surface area (Å²) in [7, 11) is 0. The SMILES string of the molecule is Cc1cccc(=O)n1Cc1cccc(C#N)c1F. The van der Waals surface area contributed by atoms with Crippen LogP contribution in [-0.4, -0.2) is 4.57 Å². The zero-order valence-corrected chi connectivity index (χ0v) is 9.85. The molecule has 18 heavy (non-hydrogen) atoms. The van der Waals surface area contributed by atoms with Gasteiger partial charge in [0.05, 0.1) is 12.1 Å². The monoisotopic (exact) mass is 242 g/mol. The average molecular weight is 242 g/mol. The van der Waals surface area contributed by atoms with Crippen LogP contribution in [0, 0.1) is 24.1 Å². The van der Waals surface area contributed by atoms with Gasteiger partial charge in [0, 0.05) is 17.3 Å². The molecule has 0 unspecified atom stereocenters. The predicted octanol–water partition coefficient (Wildman–Crippen LogP) is 2.22. The van der Waals surface area contributed by atoms with Gasteiger partial charge in [-0.05, 0) is 19.1 Å². The van der Waals surface area contributed by atoms with Crippen molar-refractivity contribution in [2.75, 3.05) is 0 Å². The number of aryl methyl sites for hydroxylation is 1. The predicted molar refractivity (Wildman–Crippen MR) is 65.7 cm³/mol. The van der Waals surface area contributed by atoms with E-state index in [9.17, 15) is 9.18 Å². The van der Waals surface area contributed by atoms with Gasteiger partial charge in [-0.3, -0.25) is 4.79 Å². The van der Waals surface area contributed by atoms with E-state index in [4.69, 9.17) is 5.26 Å². The first kappa shape index (κ1) is 12.1. The number of nitriles is 1. The van der Waals surface area contributed by atoms with E-state index in [0.717, 1.165) is 5.69 Å². The van der Waals surface area contributed by atoms with Crippen molar-refractivity contribution in [2.24, 2.45) is 0 Å². The van der Waals surface area contributed by atoms with Crippen LogP contribution in [0.1, 0.15) is 16.8 Å². The fourth-order valence-corrected chi connectivity index (χ4v) is 1.78. The van der Waals surface area contributed by atoms with E-state index in [1.54, 1.807) is 37.3 Å². The highest BCUT2D eigenvalue weighted by Crippen LogP contribution is 2.13. The summed E-state index contributed by atoms with van der Waals surface area (Å²) in [6, 6.07) is 11.3. The quantitative estimate of drug-likeness (QED) is 0.810. The molecule has 0 aliphatic heterocycles. The van der Waals surface area contributed by atoms with E-state index in [2.05, 4.69) is 0 Å². The number of rotatable bonds is 2. The van der Waals surface area contributed by atoms with Crippen LogP contribution in [0.4, 0.5) is 4.39 Å². The third kappa shape index (κ3) is 2.16. The van der Waals surface area contributed by atoms with Crippen LogP contribution in [0.25, 0.3) is 0 Å². The largest absolute Gasteiger partial charge is 0.308 e. The zero-order chi connectivity index (χ0) is 13.1. The molecule has 0 radical (unpaired) electrons. The standard InChI is InChI=1S/C14H11FN2O/c1-10-4-2-7-13(18)17(10)9-12-6-3-5-11(8-16)14(12)15/h2-7H,9H2,1H3. The molecule has 2 aromatic rings. The third-order valence-electron chi connectivity index (χ3n) is 2.80. The summed E-state index contributed by atoms with van der Waals surface area (Å²) in [6.07, 6.45) is 0. The van der Waals surface area contributed by atoms with Crippen molar-refractivity contribution >= 4 is 0 Å². The van der Waals surface area contributed by atoms with Gasteiger partial charge in [-0.2, -0.15) is 5.26 Å². The van der Waals surface area contributed by atoms with E-state index in [0.29, 0.717) is 5.56 Å². The molecule has 0 saturated carbocycles. The Morgan fingerprint density at radius 2 is 2.00 bits per heavy atom. The molecule has 0 amide bonds. The summed E-state index contributed by atoms with van der Waals surface area (Å²) < 4.78 is 15.4. The van der Waals surface area contributed by atoms with Crippen molar-refractivity contribution in [3.8, 4) is 6.07 Å². The zero-order valence-electron chi connectivity index (χ0n) is 9.85. The Kier molecular flexibility index (Phi) is 3.24. The number of nitrogens with zero attached hydrogens (tertiary/aromatic N) is 2. The van der Waals surface area contributed by atoms with E-state index >= 15 is 0 Å². The van der Waals surface area contributed by atoms with Gasteiger partial charge in [0.1, 0.15) is 11.9 Å². The molecule has 1 aromatic heterocycles. The highest BCUT2D eigenvalue weighted by molar-refractivity contribution is 5.35. The molecule has 3 nitrogen and oxygen atoms in total. The molecule has 4 heteroatoms. The first-order valence-electron chi connectivity index (χ1n) is 5.47. The van der Waals surface area contributed by atoms with Crippen LogP contribution < -0.4 is 5.56 Å². The first-order chi connectivity index (χ1) is 8.63. The molecule has 0 saturated heterocycles. The van der Waals surface area contributed by atoms with E-state index in [1.165, 1.54) is 16.7 Å². The molecule has 0 aliphatic rings. The third-order valence-corrected chi connectivity index (χ3v) is 2.80. The lowest BCUT2D eigenvalue weighted by Crippen LogP contribution is -2.22.